The van der Waals surface area contributed by atoms with Crippen molar-refractivity contribution < 1.29 is 0 Å². The van der Waals surface area contributed by atoms with E-state index in [1.165, 1.54) is 16.9 Å². The number of nitrogens with zero attached hydrogens (tertiary/aromatic N) is 1. The lowest BCUT2D eigenvalue weighted by Gasteiger charge is -2.04. The van der Waals surface area contributed by atoms with E-state index >= 15 is 0 Å². The lowest BCUT2D eigenvalue weighted by Crippen LogP contribution is -2.35. The number of aromatic amines is 1. The molecule has 0 amide bonds. The summed E-state index contributed by atoms with van der Waals surface area (Å²) in [5, 5.41) is 3.35. The van der Waals surface area contributed by atoms with E-state index in [4.69, 9.17) is 11.6 Å². The van der Waals surface area contributed by atoms with Crippen molar-refractivity contribution in [2.45, 2.75) is 6.54 Å². The van der Waals surface area contributed by atoms with Crippen LogP contribution < -0.4 is 11.0 Å². The van der Waals surface area contributed by atoms with Crippen LogP contribution in [-0.2, 0) is 6.54 Å². The summed E-state index contributed by atoms with van der Waals surface area (Å²) < 4.78 is 1.26. The molecule has 0 atom stereocenters. The van der Waals surface area contributed by atoms with Crippen molar-refractivity contribution >= 4 is 11.6 Å². The van der Waals surface area contributed by atoms with Gasteiger partial charge in [0.1, 0.15) is 0 Å². The maximum absolute atomic E-state index is 11.4. The molecule has 0 aliphatic carbocycles. The first kappa shape index (κ1) is 10.7. The molecule has 0 saturated heterocycles. The Labute approximate surface area is 96.1 Å². The Morgan fingerprint density at radius 2 is 1.81 bits per heavy atom. The van der Waals surface area contributed by atoms with Gasteiger partial charge in [-0.05, 0) is 17.7 Å². The van der Waals surface area contributed by atoms with Crippen molar-refractivity contribution in [2.75, 3.05) is 0 Å². The Balaban J connectivity index is 2.34. The van der Waals surface area contributed by atoms with Crippen molar-refractivity contribution in [3.63, 3.8) is 0 Å². The first-order chi connectivity index (χ1) is 7.66. The van der Waals surface area contributed by atoms with E-state index < -0.39 is 11.0 Å². The largest absolute Gasteiger partial charge is 0.312 e. The van der Waals surface area contributed by atoms with Gasteiger partial charge in [0, 0.05) is 17.3 Å². The molecule has 1 N–H and O–H groups in total. The van der Waals surface area contributed by atoms with Crippen LogP contribution in [0.25, 0.3) is 0 Å². The van der Waals surface area contributed by atoms with Crippen LogP contribution in [-0.4, -0.2) is 9.78 Å². The molecule has 1 heterocycles. The van der Waals surface area contributed by atoms with Gasteiger partial charge in [0.05, 0.1) is 6.54 Å². The second-order valence-corrected chi connectivity index (χ2v) is 3.78. The standard InChI is InChI=1S/C11H9ClN2O2/c12-9-3-1-8(2-4-9)7-14-11(16)10(15)5-6-13-14/h1-6,13H,7H2. The second kappa shape index (κ2) is 4.37. The molecule has 5 heteroatoms. The van der Waals surface area contributed by atoms with Gasteiger partial charge in [0.2, 0.25) is 5.43 Å². The summed E-state index contributed by atoms with van der Waals surface area (Å²) >= 11 is 5.74. The average molecular weight is 237 g/mol. The molecule has 2 aromatic rings. The molecule has 1 aromatic heterocycles. The lowest BCUT2D eigenvalue weighted by atomic mass is 10.2. The van der Waals surface area contributed by atoms with Crippen LogP contribution in [0.15, 0.2) is 46.1 Å². The molecule has 0 unspecified atom stereocenters. The molecule has 4 nitrogen and oxygen atoms in total. The fourth-order valence-electron chi connectivity index (χ4n) is 1.36. The highest BCUT2D eigenvalue weighted by molar-refractivity contribution is 6.30. The zero-order chi connectivity index (χ0) is 11.5. The zero-order valence-electron chi connectivity index (χ0n) is 8.31. The van der Waals surface area contributed by atoms with Gasteiger partial charge in [-0.15, -0.1) is 0 Å². The highest BCUT2D eigenvalue weighted by atomic mass is 35.5. The predicted molar refractivity (Wildman–Crippen MR) is 61.9 cm³/mol. The SMILES string of the molecule is O=c1cc[nH]n(Cc2ccc(Cl)cc2)c1=O. The molecule has 0 aliphatic rings. The topological polar surface area (TPSA) is 54.9 Å². The number of aromatic nitrogens is 2. The van der Waals surface area contributed by atoms with Crippen molar-refractivity contribution in [1.29, 1.82) is 0 Å². The summed E-state index contributed by atoms with van der Waals surface area (Å²) in [6.07, 6.45) is 1.44. The molecule has 0 fully saturated rings. The number of rotatable bonds is 2. The van der Waals surface area contributed by atoms with Gasteiger partial charge in [-0.3, -0.25) is 9.59 Å². The summed E-state index contributed by atoms with van der Waals surface area (Å²) in [6, 6.07) is 8.30. The molecule has 0 spiro atoms. The first-order valence-corrected chi connectivity index (χ1v) is 5.07. The number of nitrogens with one attached hydrogen (secondary N) is 1. The van der Waals surface area contributed by atoms with Crippen LogP contribution in [0.3, 0.4) is 0 Å². The van der Waals surface area contributed by atoms with Gasteiger partial charge in [0.25, 0.3) is 0 Å². The van der Waals surface area contributed by atoms with Gasteiger partial charge in [-0.2, -0.15) is 0 Å². The monoisotopic (exact) mass is 236 g/mol. The summed E-state index contributed by atoms with van der Waals surface area (Å²) in [5.74, 6) is 0. The Bertz CT molecular complexity index is 598. The van der Waals surface area contributed by atoms with Gasteiger partial charge in [-0.25, -0.2) is 4.68 Å². The summed E-state index contributed by atoms with van der Waals surface area (Å²) in [6.45, 7) is 0.325. The summed E-state index contributed by atoms with van der Waals surface area (Å²) in [7, 11) is 0. The zero-order valence-corrected chi connectivity index (χ0v) is 9.07. The van der Waals surface area contributed by atoms with E-state index in [9.17, 15) is 9.59 Å². The van der Waals surface area contributed by atoms with Crippen molar-refractivity contribution in [1.82, 2.24) is 9.78 Å². The second-order valence-electron chi connectivity index (χ2n) is 3.34. The number of benzene rings is 1. The van der Waals surface area contributed by atoms with Crippen LogP contribution in [0.4, 0.5) is 0 Å². The van der Waals surface area contributed by atoms with Gasteiger partial charge >= 0.3 is 5.56 Å². The molecular formula is C11H9ClN2O2. The van der Waals surface area contributed by atoms with Crippen LogP contribution >= 0.6 is 11.6 Å². The van der Waals surface area contributed by atoms with Gasteiger partial charge < -0.3 is 5.10 Å². The quantitative estimate of drug-likeness (QED) is 0.798. The summed E-state index contributed by atoms with van der Waals surface area (Å²) in [5.41, 5.74) is -0.182. The molecule has 2 rings (SSSR count). The number of H-pyrrole nitrogens is 1. The average Bonchev–Trinajstić information content (AvgIpc) is 2.28. The molecular weight excluding hydrogens is 228 g/mol. The smallest absolute Gasteiger partial charge is 0.303 e. The molecule has 0 saturated carbocycles. The van der Waals surface area contributed by atoms with Crippen molar-refractivity contribution in [3.8, 4) is 0 Å². The third-order valence-corrected chi connectivity index (χ3v) is 2.43. The third-order valence-electron chi connectivity index (χ3n) is 2.17. The van der Waals surface area contributed by atoms with Crippen LogP contribution in [0.5, 0.6) is 0 Å². The minimum absolute atomic E-state index is 0.325. The van der Waals surface area contributed by atoms with E-state index in [1.54, 1.807) is 24.3 Å². The lowest BCUT2D eigenvalue weighted by molar-refractivity contribution is 0.633. The van der Waals surface area contributed by atoms with E-state index in [1.807, 2.05) is 0 Å². The number of halogens is 1. The molecule has 0 radical (unpaired) electrons. The molecule has 1 aromatic carbocycles. The van der Waals surface area contributed by atoms with E-state index in [2.05, 4.69) is 5.10 Å². The fourth-order valence-corrected chi connectivity index (χ4v) is 1.48. The first-order valence-electron chi connectivity index (χ1n) is 4.70. The predicted octanol–water partition coefficient (Wildman–Crippen LogP) is 1.24. The molecule has 82 valence electrons. The van der Waals surface area contributed by atoms with E-state index in [-0.39, 0.29) is 0 Å². The Kier molecular flexibility index (Phi) is 2.92. The van der Waals surface area contributed by atoms with E-state index in [0.29, 0.717) is 11.6 Å². The van der Waals surface area contributed by atoms with E-state index in [0.717, 1.165) is 5.56 Å². The van der Waals surface area contributed by atoms with Crippen molar-refractivity contribution in [3.05, 3.63) is 67.7 Å². The number of hydrogen-bond acceptors (Lipinski definition) is 2. The maximum atomic E-state index is 11.4. The van der Waals surface area contributed by atoms with Crippen LogP contribution in [0.2, 0.25) is 5.02 Å². The normalized spacial score (nSPS) is 10.3. The Hall–Kier alpha value is -1.81. The fraction of sp³-hybridized carbons (Fsp3) is 0.0909. The molecule has 16 heavy (non-hydrogen) atoms. The molecule has 0 bridgehead atoms. The van der Waals surface area contributed by atoms with Crippen LogP contribution in [0, 0.1) is 0 Å². The summed E-state index contributed by atoms with van der Waals surface area (Å²) in [4.78, 5) is 22.5. The Morgan fingerprint density at radius 3 is 2.50 bits per heavy atom. The minimum atomic E-state index is -0.558. The molecule has 0 aliphatic heterocycles. The highest BCUT2D eigenvalue weighted by Gasteiger charge is 2.00. The third kappa shape index (κ3) is 2.23. The van der Waals surface area contributed by atoms with Crippen LogP contribution in [0.1, 0.15) is 5.56 Å². The number of hydrogen-bond donors (Lipinski definition) is 1. The highest BCUT2D eigenvalue weighted by Crippen LogP contribution is 2.09. The maximum Gasteiger partial charge on any atom is 0.312 e. The minimum Gasteiger partial charge on any atom is -0.303 e. The van der Waals surface area contributed by atoms with Gasteiger partial charge in [0.15, 0.2) is 0 Å². The van der Waals surface area contributed by atoms with Gasteiger partial charge in [-0.1, -0.05) is 23.7 Å². The Morgan fingerprint density at radius 1 is 1.12 bits per heavy atom. The van der Waals surface area contributed by atoms with Crippen molar-refractivity contribution in [2.24, 2.45) is 0 Å².